The first-order valence-corrected chi connectivity index (χ1v) is 23.3. The summed E-state index contributed by atoms with van der Waals surface area (Å²) in [5.74, 6) is -1.59. The lowest BCUT2D eigenvalue weighted by molar-refractivity contribution is -0.136. The van der Waals surface area contributed by atoms with Gasteiger partial charge in [0, 0.05) is 37.2 Å². The van der Waals surface area contributed by atoms with Gasteiger partial charge in [0.15, 0.2) is 12.3 Å². The lowest BCUT2D eigenvalue weighted by Crippen LogP contribution is -2.54. The summed E-state index contributed by atoms with van der Waals surface area (Å²) in [6.45, 7) is 5.80. The molecule has 0 bridgehead atoms. The van der Waals surface area contributed by atoms with E-state index in [2.05, 4.69) is 36.4 Å². The van der Waals surface area contributed by atoms with Gasteiger partial charge in [-0.25, -0.2) is 4.98 Å². The molecule has 2 aliphatic heterocycles. The van der Waals surface area contributed by atoms with Crippen LogP contribution in [0.15, 0.2) is 77.8 Å². The van der Waals surface area contributed by atoms with Gasteiger partial charge in [-0.2, -0.15) is 0 Å². The molecule has 1 atom stereocenters. The molecular formula is C48H57N9O14. The van der Waals surface area contributed by atoms with Crippen molar-refractivity contribution in [3.05, 3.63) is 95.8 Å². The van der Waals surface area contributed by atoms with Gasteiger partial charge < -0.3 is 53.5 Å². The SMILES string of the molecule is O=C(COc1cccc2c1C(=O)N(C1CCC(=O)NC1=O)C2=O)NCCCCOCCOCCOCCOCCOCCOCCNC(=O)c1ccc(-c2ncc(NCc3ccco3)n3cnnc23)cc1. The zero-order valence-electron chi connectivity index (χ0n) is 39.1. The number of aromatic nitrogens is 4. The fourth-order valence-corrected chi connectivity index (χ4v) is 7.42. The molecule has 0 spiro atoms. The summed E-state index contributed by atoms with van der Waals surface area (Å²) in [5, 5.41) is 19.3. The molecule has 378 valence electrons. The number of fused-ring (bicyclic) bond motifs is 2. The second-order valence-electron chi connectivity index (χ2n) is 15.9. The molecule has 2 aliphatic rings. The van der Waals surface area contributed by atoms with Crippen molar-refractivity contribution in [2.24, 2.45) is 0 Å². The van der Waals surface area contributed by atoms with Crippen LogP contribution in [0, 0.1) is 0 Å². The number of carbonyl (C=O) groups excluding carboxylic acids is 6. The number of anilines is 1. The second-order valence-corrected chi connectivity index (χ2v) is 15.9. The van der Waals surface area contributed by atoms with E-state index < -0.39 is 35.6 Å². The van der Waals surface area contributed by atoms with Crippen molar-refractivity contribution in [3.8, 4) is 17.0 Å². The smallest absolute Gasteiger partial charge is 0.266 e. The minimum atomic E-state index is -1.10. The summed E-state index contributed by atoms with van der Waals surface area (Å²) in [4.78, 5) is 80.6. The molecule has 7 rings (SSSR count). The molecule has 0 saturated carbocycles. The van der Waals surface area contributed by atoms with Crippen LogP contribution in [0.4, 0.5) is 5.82 Å². The van der Waals surface area contributed by atoms with E-state index in [1.807, 2.05) is 28.7 Å². The number of unbranched alkanes of at least 4 members (excludes halogenated alkanes) is 1. The quantitative estimate of drug-likeness (QED) is 0.0355. The van der Waals surface area contributed by atoms with Crippen LogP contribution in [0.1, 0.15) is 62.5 Å². The molecule has 1 saturated heterocycles. The van der Waals surface area contributed by atoms with Crippen molar-refractivity contribution < 1.29 is 66.3 Å². The van der Waals surface area contributed by atoms with E-state index in [0.717, 1.165) is 16.2 Å². The van der Waals surface area contributed by atoms with Gasteiger partial charge >= 0.3 is 0 Å². The van der Waals surface area contributed by atoms with Crippen LogP contribution in [-0.4, -0.2) is 165 Å². The summed E-state index contributed by atoms with van der Waals surface area (Å²) in [7, 11) is 0. The van der Waals surface area contributed by atoms with Crippen LogP contribution in [-0.2, 0) is 49.3 Å². The van der Waals surface area contributed by atoms with Crippen molar-refractivity contribution in [1.29, 1.82) is 0 Å². The Morgan fingerprint density at radius 2 is 1.44 bits per heavy atom. The zero-order chi connectivity index (χ0) is 49.6. The Kier molecular flexibility index (Phi) is 19.9. The molecule has 23 heteroatoms. The molecule has 0 radical (unpaired) electrons. The number of amides is 6. The Morgan fingerprint density at radius 1 is 0.746 bits per heavy atom. The molecule has 0 aliphatic carbocycles. The fraction of sp³-hybridized carbons (Fsp3) is 0.438. The minimum absolute atomic E-state index is 0.0109. The first-order valence-electron chi connectivity index (χ1n) is 23.3. The number of furan rings is 1. The highest BCUT2D eigenvalue weighted by Crippen LogP contribution is 2.33. The first-order chi connectivity index (χ1) is 34.8. The molecule has 3 aromatic heterocycles. The summed E-state index contributed by atoms with van der Waals surface area (Å²) in [5.41, 5.74) is 2.57. The minimum Gasteiger partial charge on any atom is -0.483 e. The number of ether oxygens (including phenoxy) is 7. The van der Waals surface area contributed by atoms with Gasteiger partial charge in [0.25, 0.3) is 23.6 Å². The van der Waals surface area contributed by atoms with Gasteiger partial charge in [-0.3, -0.25) is 43.4 Å². The standard InChI is InChI=1S/C48H57N9O14/c58-40-13-12-37(46(61)54-40)57-47(62)36-6-3-7-38(42(36)48(57)63)71-31-41(59)49-14-1-2-16-64-19-21-66-23-25-68-27-28-69-26-24-67-22-20-65-18-15-50-45(60)34-10-8-33(9-11-34)43-44-55-53-32-56(44)39(30-52-43)51-29-35-5-4-17-70-35/h3-11,17,30,32,37,51H,1-2,12-16,18-29,31H2,(H,49,59)(H,50,60)(H,54,58,61). The van der Waals surface area contributed by atoms with Gasteiger partial charge in [-0.15, -0.1) is 10.2 Å². The molecular weight excluding hydrogens is 927 g/mol. The summed E-state index contributed by atoms with van der Waals surface area (Å²) in [6, 6.07) is 14.2. The lowest BCUT2D eigenvalue weighted by atomic mass is 10.0. The highest BCUT2D eigenvalue weighted by molar-refractivity contribution is 6.24. The molecule has 5 aromatic rings. The number of hydrogen-bond donors (Lipinski definition) is 4. The average Bonchev–Trinajstić information content (AvgIpc) is 4.15. The Labute approximate surface area is 408 Å². The monoisotopic (exact) mass is 983 g/mol. The van der Waals surface area contributed by atoms with Crippen molar-refractivity contribution in [2.45, 2.75) is 38.3 Å². The van der Waals surface area contributed by atoms with E-state index in [-0.39, 0.29) is 42.2 Å². The van der Waals surface area contributed by atoms with Crippen molar-refractivity contribution >= 4 is 46.9 Å². The maximum Gasteiger partial charge on any atom is 0.266 e. The normalized spacial score (nSPS) is 14.5. The van der Waals surface area contributed by atoms with Crippen LogP contribution in [0.25, 0.3) is 16.9 Å². The fourth-order valence-electron chi connectivity index (χ4n) is 7.42. The Bertz CT molecular complexity index is 2550. The predicted octanol–water partition coefficient (Wildman–Crippen LogP) is 2.20. The van der Waals surface area contributed by atoms with Gasteiger partial charge in [0.1, 0.15) is 35.4 Å². The van der Waals surface area contributed by atoms with Crippen LogP contribution >= 0.6 is 0 Å². The van der Waals surface area contributed by atoms with E-state index in [1.165, 1.54) is 18.2 Å². The van der Waals surface area contributed by atoms with Crippen LogP contribution in [0.5, 0.6) is 5.75 Å². The molecule has 71 heavy (non-hydrogen) atoms. The highest BCUT2D eigenvalue weighted by Gasteiger charge is 2.46. The molecule has 2 aromatic carbocycles. The number of nitrogens with zero attached hydrogens (tertiary/aromatic N) is 5. The van der Waals surface area contributed by atoms with E-state index in [9.17, 15) is 28.8 Å². The van der Waals surface area contributed by atoms with Gasteiger partial charge in [-0.1, -0.05) is 18.2 Å². The van der Waals surface area contributed by atoms with Crippen molar-refractivity contribution in [1.82, 2.24) is 40.4 Å². The summed E-state index contributed by atoms with van der Waals surface area (Å²) >= 11 is 0. The maximum atomic E-state index is 13.2. The third-order valence-corrected chi connectivity index (χ3v) is 11.0. The highest BCUT2D eigenvalue weighted by atomic mass is 16.6. The van der Waals surface area contributed by atoms with Crippen LogP contribution in [0.3, 0.4) is 0 Å². The topological polar surface area (TPSA) is 275 Å². The number of nitrogens with one attached hydrogen (secondary N) is 4. The number of rotatable bonds is 32. The number of imide groups is 2. The Morgan fingerprint density at radius 3 is 2.11 bits per heavy atom. The summed E-state index contributed by atoms with van der Waals surface area (Å²) in [6.07, 6.45) is 6.36. The van der Waals surface area contributed by atoms with E-state index >= 15 is 0 Å². The second kappa shape index (κ2) is 27.3. The van der Waals surface area contributed by atoms with Crippen LogP contribution < -0.4 is 26.0 Å². The molecule has 6 amide bonds. The van der Waals surface area contributed by atoms with Crippen molar-refractivity contribution in [3.63, 3.8) is 0 Å². The van der Waals surface area contributed by atoms with Gasteiger partial charge in [-0.05, 0) is 55.7 Å². The summed E-state index contributed by atoms with van der Waals surface area (Å²) < 4.78 is 46.1. The predicted molar refractivity (Wildman–Crippen MR) is 250 cm³/mol. The molecule has 1 unspecified atom stereocenters. The number of piperidine rings is 1. The van der Waals surface area contributed by atoms with E-state index in [0.29, 0.717) is 134 Å². The van der Waals surface area contributed by atoms with Gasteiger partial charge in [0.2, 0.25) is 11.8 Å². The van der Waals surface area contributed by atoms with Crippen molar-refractivity contribution in [2.75, 3.05) is 104 Å². The molecule has 23 nitrogen and oxygen atoms in total. The van der Waals surface area contributed by atoms with Crippen LogP contribution in [0.2, 0.25) is 0 Å². The number of carbonyl (C=O) groups is 6. The maximum absolute atomic E-state index is 13.2. The Hall–Kier alpha value is -7.15. The molecule has 1 fully saturated rings. The van der Waals surface area contributed by atoms with Gasteiger partial charge in [0.05, 0.1) is 103 Å². The Balaban J connectivity index is 0.610. The van der Waals surface area contributed by atoms with E-state index in [4.69, 9.17) is 37.6 Å². The van der Waals surface area contributed by atoms with E-state index in [1.54, 1.807) is 30.9 Å². The largest absolute Gasteiger partial charge is 0.483 e. The first kappa shape index (κ1) is 51.7. The number of hydrogen-bond acceptors (Lipinski definition) is 18. The average molecular weight is 984 g/mol. The number of benzene rings is 2. The molecule has 4 N–H and O–H groups in total. The molecule has 5 heterocycles. The zero-order valence-corrected chi connectivity index (χ0v) is 39.1. The lowest BCUT2D eigenvalue weighted by Gasteiger charge is -2.27. The third-order valence-electron chi connectivity index (χ3n) is 11.0. The third kappa shape index (κ3) is 14.9.